The molecule has 1 atom stereocenters. The Bertz CT molecular complexity index is 1290. The number of thioether (sulfide) groups is 1. The van der Waals surface area contributed by atoms with Crippen molar-refractivity contribution >= 4 is 29.6 Å². The zero-order chi connectivity index (χ0) is 27.3. The van der Waals surface area contributed by atoms with Gasteiger partial charge in [-0.2, -0.15) is 0 Å². The van der Waals surface area contributed by atoms with Gasteiger partial charge in [0.1, 0.15) is 23.5 Å². The average molecular weight is 531 g/mol. The molecule has 2 aliphatic rings. The lowest BCUT2D eigenvalue weighted by Crippen LogP contribution is -2.20. The van der Waals surface area contributed by atoms with Gasteiger partial charge in [0.25, 0.3) is 5.91 Å². The Balaban J connectivity index is 0.000000198. The molecule has 0 radical (unpaired) electrons. The van der Waals surface area contributed by atoms with Crippen LogP contribution < -0.4 is 20.1 Å². The second-order valence-electron chi connectivity index (χ2n) is 8.18. The first-order chi connectivity index (χ1) is 18.6. The molecule has 0 spiro atoms. The molecule has 0 aromatic heterocycles. The molecule has 0 saturated carbocycles. The Morgan fingerprint density at radius 2 is 1.79 bits per heavy atom. The van der Waals surface area contributed by atoms with Crippen molar-refractivity contribution in [3.05, 3.63) is 102 Å². The number of methoxy groups -OCH3 is 1. The lowest BCUT2D eigenvalue weighted by molar-refractivity contribution is -0.112. The second-order valence-corrected chi connectivity index (χ2v) is 9.42. The lowest BCUT2D eigenvalue weighted by Gasteiger charge is -2.16. The van der Waals surface area contributed by atoms with Crippen LogP contribution in [0.25, 0.3) is 0 Å². The molecule has 1 unspecified atom stereocenters. The van der Waals surface area contributed by atoms with Crippen LogP contribution in [-0.4, -0.2) is 31.6 Å². The molecule has 6 nitrogen and oxygen atoms in total. The van der Waals surface area contributed by atoms with E-state index in [0.29, 0.717) is 5.56 Å². The zero-order valence-electron chi connectivity index (χ0n) is 22.2. The SMILES string of the molecule is CC.CNCc1cccc(Oc2ccc(OC)cc2)c1.O=Cc1ccc2c(c1)NC(=O)C1=CC=CCC1S2. The minimum absolute atomic E-state index is 0.0707. The largest absolute Gasteiger partial charge is 0.497 e. The van der Waals surface area contributed by atoms with Gasteiger partial charge in [-0.15, -0.1) is 11.8 Å². The van der Waals surface area contributed by atoms with Crippen LogP contribution >= 0.6 is 11.8 Å². The van der Waals surface area contributed by atoms with Gasteiger partial charge in [-0.05, 0) is 67.6 Å². The number of anilines is 1. The number of rotatable bonds is 6. The van der Waals surface area contributed by atoms with Gasteiger partial charge in [0.05, 0.1) is 12.8 Å². The molecule has 7 heteroatoms. The summed E-state index contributed by atoms with van der Waals surface area (Å²) < 4.78 is 10.9. The number of amides is 1. The number of nitrogens with one attached hydrogen (secondary N) is 2. The smallest absolute Gasteiger partial charge is 0.252 e. The van der Waals surface area contributed by atoms with Crippen LogP contribution in [0.3, 0.4) is 0 Å². The van der Waals surface area contributed by atoms with Crippen molar-refractivity contribution in [2.45, 2.75) is 37.0 Å². The molecular weight excluding hydrogens is 496 g/mol. The van der Waals surface area contributed by atoms with E-state index in [4.69, 9.17) is 9.47 Å². The predicted molar refractivity (Wildman–Crippen MR) is 156 cm³/mol. The van der Waals surface area contributed by atoms with Crippen LogP contribution in [0.1, 0.15) is 36.2 Å². The molecule has 1 heterocycles. The predicted octanol–water partition coefficient (Wildman–Crippen LogP) is 7.03. The quantitative estimate of drug-likeness (QED) is 0.333. The topological polar surface area (TPSA) is 76.7 Å². The molecule has 38 heavy (non-hydrogen) atoms. The fourth-order valence-electron chi connectivity index (χ4n) is 3.81. The lowest BCUT2D eigenvalue weighted by atomic mass is 10.0. The van der Waals surface area contributed by atoms with E-state index in [1.807, 2.05) is 81.6 Å². The Morgan fingerprint density at radius 1 is 1.03 bits per heavy atom. The standard InChI is InChI=1S/C15H17NO2.C14H11NO2S.C2H6/c1-16-11-12-4-3-5-15(10-12)18-14-8-6-13(17-2)7-9-14;16-8-9-5-6-13-11(7-9)15-14(17)10-3-1-2-4-12(10)18-13;1-2/h3-10,16H,11H2,1-2H3;1-3,5-8,12H,4H2,(H,15,17);1-2H3. The van der Waals surface area contributed by atoms with Gasteiger partial charge in [-0.3, -0.25) is 9.59 Å². The molecule has 198 valence electrons. The first kappa shape index (κ1) is 28.8. The number of hydrogen-bond acceptors (Lipinski definition) is 6. The summed E-state index contributed by atoms with van der Waals surface area (Å²) in [5.74, 6) is 2.40. The first-order valence-electron chi connectivity index (χ1n) is 12.6. The van der Waals surface area contributed by atoms with Crippen molar-refractivity contribution < 1.29 is 19.1 Å². The highest BCUT2D eigenvalue weighted by Crippen LogP contribution is 2.40. The second kappa shape index (κ2) is 14.8. The summed E-state index contributed by atoms with van der Waals surface area (Å²) in [6.45, 7) is 4.83. The van der Waals surface area contributed by atoms with Crippen LogP contribution in [0.15, 0.2) is 95.4 Å². The molecule has 0 fully saturated rings. The summed E-state index contributed by atoms with van der Waals surface area (Å²) in [5, 5.41) is 6.16. The van der Waals surface area contributed by atoms with Crippen molar-refractivity contribution in [1.82, 2.24) is 5.32 Å². The molecule has 2 N–H and O–H groups in total. The van der Waals surface area contributed by atoms with E-state index < -0.39 is 0 Å². The number of allylic oxidation sites excluding steroid dienone is 3. The van der Waals surface area contributed by atoms with E-state index in [9.17, 15) is 9.59 Å². The Labute approximate surface area is 229 Å². The van der Waals surface area contributed by atoms with Crippen LogP contribution in [0.4, 0.5) is 5.69 Å². The first-order valence-corrected chi connectivity index (χ1v) is 13.5. The summed E-state index contributed by atoms with van der Waals surface area (Å²) in [4.78, 5) is 23.9. The zero-order valence-corrected chi connectivity index (χ0v) is 23.0. The van der Waals surface area contributed by atoms with Gasteiger partial charge in [-0.1, -0.05) is 50.3 Å². The molecule has 3 aromatic carbocycles. The highest BCUT2D eigenvalue weighted by atomic mass is 32.2. The number of carbonyl (C=O) groups excluding carboxylic acids is 2. The van der Waals surface area contributed by atoms with E-state index >= 15 is 0 Å². The van der Waals surface area contributed by atoms with E-state index in [1.54, 1.807) is 31.0 Å². The summed E-state index contributed by atoms with van der Waals surface area (Å²) >= 11 is 1.67. The molecule has 0 bridgehead atoms. The number of fused-ring (bicyclic) bond motifs is 2. The van der Waals surface area contributed by atoms with Crippen molar-refractivity contribution in [3.8, 4) is 17.2 Å². The molecule has 1 aliphatic heterocycles. The fraction of sp³-hybridized carbons (Fsp3) is 0.226. The average Bonchev–Trinajstić information content (AvgIpc) is 3.10. The minimum Gasteiger partial charge on any atom is -0.497 e. The van der Waals surface area contributed by atoms with E-state index in [-0.39, 0.29) is 11.2 Å². The highest BCUT2D eigenvalue weighted by Gasteiger charge is 2.27. The molecule has 3 aromatic rings. The number of carbonyl (C=O) groups is 2. The minimum atomic E-state index is -0.0707. The summed E-state index contributed by atoms with van der Waals surface area (Å²) in [7, 11) is 3.58. The summed E-state index contributed by atoms with van der Waals surface area (Å²) in [6, 6.07) is 21.0. The maximum atomic E-state index is 12.1. The van der Waals surface area contributed by atoms with Gasteiger partial charge >= 0.3 is 0 Å². The molecule has 1 amide bonds. The molecular formula is C31H34N2O4S. The Hall–Kier alpha value is -3.81. The third kappa shape index (κ3) is 7.84. The van der Waals surface area contributed by atoms with Crippen molar-refractivity contribution in [1.29, 1.82) is 0 Å². The van der Waals surface area contributed by atoms with Crippen LogP contribution in [0.5, 0.6) is 17.2 Å². The maximum absolute atomic E-state index is 12.1. The normalized spacial score (nSPS) is 15.0. The Morgan fingerprint density at radius 3 is 2.50 bits per heavy atom. The van der Waals surface area contributed by atoms with Gasteiger partial charge in [0, 0.05) is 27.8 Å². The van der Waals surface area contributed by atoms with Gasteiger partial charge in [-0.25, -0.2) is 0 Å². The van der Waals surface area contributed by atoms with E-state index in [1.165, 1.54) is 5.56 Å². The van der Waals surface area contributed by atoms with Crippen molar-refractivity contribution in [2.24, 2.45) is 0 Å². The highest BCUT2D eigenvalue weighted by molar-refractivity contribution is 8.00. The third-order valence-electron chi connectivity index (χ3n) is 5.60. The monoisotopic (exact) mass is 530 g/mol. The van der Waals surface area contributed by atoms with Gasteiger partial charge in [0.15, 0.2) is 0 Å². The van der Waals surface area contributed by atoms with Crippen molar-refractivity contribution in [2.75, 3.05) is 19.5 Å². The van der Waals surface area contributed by atoms with Crippen LogP contribution in [0, 0.1) is 0 Å². The summed E-state index contributed by atoms with van der Waals surface area (Å²) in [6.07, 6.45) is 7.50. The fourth-order valence-corrected chi connectivity index (χ4v) is 5.02. The number of aldehydes is 1. The molecule has 0 saturated heterocycles. The van der Waals surface area contributed by atoms with Crippen LogP contribution in [0.2, 0.25) is 0 Å². The van der Waals surface area contributed by atoms with Crippen molar-refractivity contribution in [3.63, 3.8) is 0 Å². The number of hydrogen-bond donors (Lipinski definition) is 2. The van der Waals surface area contributed by atoms with E-state index in [2.05, 4.69) is 22.8 Å². The number of benzene rings is 3. The van der Waals surface area contributed by atoms with Gasteiger partial charge in [0.2, 0.25) is 0 Å². The third-order valence-corrected chi connectivity index (χ3v) is 6.94. The number of ether oxygens (including phenoxy) is 2. The molecule has 1 aliphatic carbocycles. The summed E-state index contributed by atoms with van der Waals surface area (Å²) in [5.41, 5.74) is 3.30. The Kier molecular flexibility index (Phi) is 11.2. The van der Waals surface area contributed by atoms with Gasteiger partial charge < -0.3 is 20.1 Å². The molecule has 5 rings (SSSR count). The van der Waals surface area contributed by atoms with Crippen LogP contribution in [-0.2, 0) is 11.3 Å². The maximum Gasteiger partial charge on any atom is 0.252 e. The van der Waals surface area contributed by atoms with E-state index in [0.717, 1.165) is 52.7 Å².